The fraction of sp³-hybridized carbons (Fsp3) is 0.267. The summed E-state index contributed by atoms with van der Waals surface area (Å²) in [7, 11) is 1.64. The van der Waals surface area contributed by atoms with Gasteiger partial charge in [-0.2, -0.15) is 0 Å². The van der Waals surface area contributed by atoms with Gasteiger partial charge in [0.15, 0.2) is 0 Å². The maximum Gasteiger partial charge on any atom is 0.220 e. The van der Waals surface area contributed by atoms with E-state index in [1.807, 2.05) is 43.3 Å². The zero-order valence-electron chi connectivity index (χ0n) is 11.0. The summed E-state index contributed by atoms with van der Waals surface area (Å²) in [5.74, 6) is 0.529. The van der Waals surface area contributed by atoms with Crippen LogP contribution in [0.15, 0.2) is 36.4 Å². The molecule has 0 fully saturated rings. The van der Waals surface area contributed by atoms with E-state index in [1.54, 1.807) is 7.11 Å². The van der Waals surface area contributed by atoms with Crippen LogP contribution in [0.3, 0.4) is 0 Å². The molecule has 0 spiro atoms. The normalized spacial score (nSPS) is 10.5. The minimum Gasteiger partial charge on any atom is -0.472 e. The molecule has 1 heterocycles. The summed E-state index contributed by atoms with van der Waals surface area (Å²) in [6, 6.07) is 11.9. The molecule has 0 aliphatic rings. The number of hydrogen-bond acceptors (Lipinski definition) is 3. The molecule has 0 aliphatic carbocycles. The lowest BCUT2D eigenvalue weighted by Crippen LogP contribution is -2.03. The first-order valence-corrected chi connectivity index (χ1v) is 6.40. The molecule has 2 aromatic rings. The minimum atomic E-state index is 0.454. The molecular formula is C15H16ClNO2. The smallest absolute Gasteiger partial charge is 0.220 e. The van der Waals surface area contributed by atoms with Gasteiger partial charge in [-0.05, 0) is 24.1 Å². The van der Waals surface area contributed by atoms with Gasteiger partial charge in [-0.1, -0.05) is 41.9 Å². The molecule has 2 rings (SSSR count). The highest BCUT2D eigenvalue weighted by Gasteiger charge is 2.09. The van der Waals surface area contributed by atoms with Crippen LogP contribution in [0.4, 0.5) is 0 Å². The summed E-state index contributed by atoms with van der Waals surface area (Å²) in [5, 5.41) is 0.461. The van der Waals surface area contributed by atoms with Crippen molar-refractivity contribution in [3.05, 3.63) is 58.2 Å². The molecule has 19 heavy (non-hydrogen) atoms. The van der Waals surface area contributed by atoms with Gasteiger partial charge in [0.25, 0.3) is 0 Å². The predicted octanol–water partition coefficient (Wildman–Crippen LogP) is 3.77. The number of halogens is 1. The Bertz CT molecular complexity index is 543. The van der Waals surface area contributed by atoms with Crippen LogP contribution in [0.2, 0.25) is 5.15 Å². The van der Waals surface area contributed by atoms with Crippen LogP contribution in [-0.2, 0) is 18.0 Å². The molecule has 0 N–H and O–H groups in total. The Morgan fingerprint density at radius 1 is 1.16 bits per heavy atom. The average molecular weight is 278 g/mol. The summed E-state index contributed by atoms with van der Waals surface area (Å²) < 4.78 is 10.9. The highest BCUT2D eigenvalue weighted by molar-refractivity contribution is 6.30. The Kier molecular flexibility index (Phi) is 4.77. The first-order valence-electron chi connectivity index (χ1n) is 6.02. The second kappa shape index (κ2) is 6.55. The number of aryl methyl sites for hydroxylation is 1. The van der Waals surface area contributed by atoms with Gasteiger partial charge >= 0.3 is 0 Å². The first kappa shape index (κ1) is 13.8. The molecule has 0 bridgehead atoms. The lowest BCUT2D eigenvalue weighted by Gasteiger charge is -2.11. The molecule has 0 saturated heterocycles. The van der Waals surface area contributed by atoms with Gasteiger partial charge in [-0.15, -0.1) is 0 Å². The van der Waals surface area contributed by atoms with Crippen molar-refractivity contribution >= 4 is 11.6 Å². The van der Waals surface area contributed by atoms with Crippen LogP contribution in [0.25, 0.3) is 0 Å². The van der Waals surface area contributed by atoms with Gasteiger partial charge in [0.2, 0.25) is 5.88 Å². The van der Waals surface area contributed by atoms with Crippen molar-refractivity contribution in [2.24, 2.45) is 0 Å². The highest BCUT2D eigenvalue weighted by Crippen LogP contribution is 2.24. The van der Waals surface area contributed by atoms with Gasteiger partial charge in [0, 0.05) is 12.7 Å². The van der Waals surface area contributed by atoms with E-state index in [2.05, 4.69) is 4.98 Å². The molecule has 1 aromatic heterocycles. The molecule has 0 atom stereocenters. The molecule has 100 valence electrons. The molecule has 3 nitrogen and oxygen atoms in total. The lowest BCUT2D eigenvalue weighted by molar-refractivity contribution is 0.177. The maximum atomic E-state index is 6.04. The van der Waals surface area contributed by atoms with Crippen molar-refractivity contribution < 1.29 is 9.47 Å². The van der Waals surface area contributed by atoms with Crippen LogP contribution >= 0.6 is 11.6 Å². The van der Waals surface area contributed by atoms with E-state index in [9.17, 15) is 0 Å². The third-order valence-electron chi connectivity index (χ3n) is 2.71. The van der Waals surface area contributed by atoms with Gasteiger partial charge in [-0.25, -0.2) is 4.98 Å². The lowest BCUT2D eigenvalue weighted by atomic mass is 10.2. The SMILES string of the molecule is COCc1cc(C)c(Cl)nc1OCc1ccccc1. The van der Waals surface area contributed by atoms with Gasteiger partial charge in [-0.3, -0.25) is 0 Å². The number of methoxy groups -OCH3 is 1. The fourth-order valence-electron chi connectivity index (χ4n) is 1.74. The third kappa shape index (κ3) is 3.69. The third-order valence-corrected chi connectivity index (χ3v) is 3.09. The molecular weight excluding hydrogens is 262 g/mol. The van der Waals surface area contributed by atoms with Crippen molar-refractivity contribution in [1.82, 2.24) is 4.98 Å². The summed E-state index contributed by atoms with van der Waals surface area (Å²) >= 11 is 6.04. The number of aromatic nitrogens is 1. The van der Waals surface area contributed by atoms with Crippen LogP contribution in [-0.4, -0.2) is 12.1 Å². The van der Waals surface area contributed by atoms with E-state index in [-0.39, 0.29) is 0 Å². The molecule has 0 unspecified atom stereocenters. The Balaban J connectivity index is 2.16. The molecule has 0 radical (unpaired) electrons. The standard InChI is InChI=1S/C15H16ClNO2/c1-11-8-13(10-18-2)15(17-14(11)16)19-9-12-6-4-3-5-7-12/h3-8H,9-10H2,1-2H3. The van der Waals surface area contributed by atoms with Crippen molar-refractivity contribution in [2.45, 2.75) is 20.1 Å². The second-order valence-corrected chi connectivity index (χ2v) is 4.63. The van der Waals surface area contributed by atoms with E-state index in [4.69, 9.17) is 21.1 Å². The van der Waals surface area contributed by atoms with E-state index in [0.717, 1.165) is 16.7 Å². The Morgan fingerprint density at radius 2 is 1.89 bits per heavy atom. The Morgan fingerprint density at radius 3 is 2.58 bits per heavy atom. The molecule has 0 aliphatic heterocycles. The molecule has 0 saturated carbocycles. The summed E-state index contributed by atoms with van der Waals surface area (Å²) in [5.41, 5.74) is 2.91. The largest absolute Gasteiger partial charge is 0.472 e. The quantitative estimate of drug-likeness (QED) is 0.780. The van der Waals surface area contributed by atoms with E-state index >= 15 is 0 Å². The maximum absolute atomic E-state index is 6.04. The number of hydrogen-bond donors (Lipinski definition) is 0. The fourth-order valence-corrected chi connectivity index (χ4v) is 1.87. The zero-order chi connectivity index (χ0) is 13.7. The van der Waals surface area contributed by atoms with Crippen molar-refractivity contribution in [2.75, 3.05) is 7.11 Å². The number of ether oxygens (including phenoxy) is 2. The van der Waals surface area contributed by atoms with Crippen LogP contribution in [0.5, 0.6) is 5.88 Å². The number of nitrogens with zero attached hydrogens (tertiary/aromatic N) is 1. The van der Waals surface area contributed by atoms with Gasteiger partial charge < -0.3 is 9.47 Å². The molecule has 4 heteroatoms. The number of pyridine rings is 1. The van der Waals surface area contributed by atoms with Crippen molar-refractivity contribution in [3.8, 4) is 5.88 Å². The summed E-state index contributed by atoms with van der Waals surface area (Å²) in [6.45, 7) is 2.83. The average Bonchev–Trinajstić information content (AvgIpc) is 2.42. The highest BCUT2D eigenvalue weighted by atomic mass is 35.5. The summed E-state index contributed by atoms with van der Waals surface area (Å²) in [6.07, 6.45) is 0. The van der Waals surface area contributed by atoms with Crippen LogP contribution < -0.4 is 4.74 Å². The predicted molar refractivity (Wildman–Crippen MR) is 75.5 cm³/mol. The topological polar surface area (TPSA) is 31.4 Å². The number of rotatable bonds is 5. The van der Waals surface area contributed by atoms with Gasteiger partial charge in [0.1, 0.15) is 11.8 Å². The molecule has 0 amide bonds. The zero-order valence-corrected chi connectivity index (χ0v) is 11.8. The van der Waals surface area contributed by atoms with Crippen LogP contribution in [0.1, 0.15) is 16.7 Å². The second-order valence-electron chi connectivity index (χ2n) is 4.27. The van der Waals surface area contributed by atoms with Crippen LogP contribution in [0, 0.1) is 6.92 Å². The van der Waals surface area contributed by atoms with E-state index in [1.165, 1.54) is 0 Å². The van der Waals surface area contributed by atoms with E-state index in [0.29, 0.717) is 24.2 Å². The van der Waals surface area contributed by atoms with Crippen molar-refractivity contribution in [3.63, 3.8) is 0 Å². The summed E-state index contributed by atoms with van der Waals surface area (Å²) in [4.78, 5) is 4.27. The monoisotopic (exact) mass is 277 g/mol. The Labute approximate surface area is 118 Å². The van der Waals surface area contributed by atoms with Crippen molar-refractivity contribution in [1.29, 1.82) is 0 Å². The van der Waals surface area contributed by atoms with Gasteiger partial charge in [0.05, 0.1) is 6.61 Å². The Hall–Kier alpha value is -1.58. The molecule has 1 aromatic carbocycles. The first-order chi connectivity index (χ1) is 9.20. The number of benzene rings is 1. The van der Waals surface area contributed by atoms with E-state index < -0.39 is 0 Å². The minimum absolute atomic E-state index is 0.454.